The Balaban J connectivity index is 1.66. The number of ether oxygens (including phenoxy) is 1. The van der Waals surface area contributed by atoms with Crippen molar-refractivity contribution >= 4 is 33.2 Å². The summed E-state index contributed by atoms with van der Waals surface area (Å²) in [6, 6.07) is 11.6. The zero-order valence-electron chi connectivity index (χ0n) is 13.6. The number of carbonyl (C=O) groups is 1. The monoisotopic (exact) mass is 434 g/mol. The molecule has 0 saturated carbocycles. The van der Waals surface area contributed by atoms with Gasteiger partial charge in [0.15, 0.2) is 18.2 Å². The van der Waals surface area contributed by atoms with E-state index in [-0.39, 0.29) is 29.5 Å². The second kappa shape index (κ2) is 7.96. The van der Waals surface area contributed by atoms with Crippen LogP contribution in [-0.2, 0) is 6.73 Å². The Morgan fingerprint density at radius 3 is 2.81 bits per heavy atom. The van der Waals surface area contributed by atoms with Gasteiger partial charge in [-0.05, 0) is 30.3 Å². The van der Waals surface area contributed by atoms with E-state index in [4.69, 9.17) is 4.74 Å². The molecule has 1 aromatic heterocycles. The van der Waals surface area contributed by atoms with Crippen LogP contribution in [0.2, 0.25) is 0 Å². The maximum absolute atomic E-state index is 13.8. The highest BCUT2D eigenvalue weighted by Gasteiger charge is 2.15. The van der Waals surface area contributed by atoms with Crippen molar-refractivity contribution in [2.24, 2.45) is 0 Å². The molecule has 0 spiro atoms. The van der Waals surface area contributed by atoms with Crippen LogP contribution in [-0.4, -0.2) is 20.6 Å². The van der Waals surface area contributed by atoms with Gasteiger partial charge < -0.3 is 10.1 Å². The molecule has 1 N–H and O–H groups in total. The van der Waals surface area contributed by atoms with Gasteiger partial charge in [-0.25, -0.2) is 9.07 Å². The van der Waals surface area contributed by atoms with Gasteiger partial charge in [0.25, 0.3) is 5.91 Å². The summed E-state index contributed by atoms with van der Waals surface area (Å²) in [5.41, 5.74) is -0.106. The molecule has 0 fully saturated rings. The minimum atomic E-state index is -0.597. The van der Waals surface area contributed by atoms with Gasteiger partial charge in [-0.2, -0.15) is 5.10 Å². The first kappa shape index (κ1) is 18.5. The largest absolute Gasteiger partial charge is 0.464 e. The topological polar surface area (TPSA) is 99.3 Å². The van der Waals surface area contributed by atoms with E-state index in [1.165, 1.54) is 47.3 Å². The molecule has 3 aromatic rings. The summed E-state index contributed by atoms with van der Waals surface area (Å²) in [5.74, 6) is -1.10. The molecule has 0 aliphatic carbocycles. The number of nitrogens with one attached hydrogen (secondary N) is 1. The molecule has 1 amide bonds. The van der Waals surface area contributed by atoms with Crippen LogP contribution in [0.1, 0.15) is 10.5 Å². The molecule has 2 aromatic carbocycles. The van der Waals surface area contributed by atoms with Gasteiger partial charge in [0.1, 0.15) is 5.82 Å². The lowest BCUT2D eigenvalue weighted by Crippen LogP contribution is -2.15. The van der Waals surface area contributed by atoms with Crippen molar-refractivity contribution < 1.29 is 18.8 Å². The molecule has 0 aliphatic heterocycles. The van der Waals surface area contributed by atoms with Crippen LogP contribution in [0.3, 0.4) is 0 Å². The number of amides is 1. The molecule has 0 saturated heterocycles. The Hall–Kier alpha value is -3.27. The molecule has 0 unspecified atom stereocenters. The number of carbonyl (C=O) groups excluding carboxylic acids is 1. The van der Waals surface area contributed by atoms with Gasteiger partial charge in [0, 0.05) is 16.7 Å². The number of benzene rings is 2. The van der Waals surface area contributed by atoms with Crippen LogP contribution in [0, 0.1) is 15.9 Å². The van der Waals surface area contributed by atoms with Crippen molar-refractivity contribution in [3.63, 3.8) is 0 Å². The van der Waals surface area contributed by atoms with E-state index in [2.05, 4.69) is 26.3 Å². The van der Waals surface area contributed by atoms with Gasteiger partial charge in [-0.1, -0.05) is 28.1 Å². The average molecular weight is 435 g/mol. The van der Waals surface area contributed by atoms with E-state index < -0.39 is 16.6 Å². The molecule has 138 valence electrons. The number of anilines is 1. The molecule has 10 heteroatoms. The molecular formula is C17H12BrFN4O4. The van der Waals surface area contributed by atoms with Crippen LogP contribution in [0.4, 0.5) is 15.8 Å². The highest BCUT2D eigenvalue weighted by Crippen LogP contribution is 2.26. The Labute approximate surface area is 160 Å². The van der Waals surface area contributed by atoms with Gasteiger partial charge in [-0.15, -0.1) is 0 Å². The Bertz CT molecular complexity index is 1010. The van der Waals surface area contributed by atoms with E-state index in [1.807, 2.05) is 0 Å². The number of rotatable bonds is 6. The number of halogens is 2. The summed E-state index contributed by atoms with van der Waals surface area (Å²) >= 11 is 3.14. The number of nitro groups is 1. The third kappa shape index (κ3) is 4.47. The summed E-state index contributed by atoms with van der Waals surface area (Å²) in [6.07, 6.45) is 1.47. The van der Waals surface area contributed by atoms with Gasteiger partial charge in [0.2, 0.25) is 0 Å². The quantitative estimate of drug-likeness (QED) is 0.467. The summed E-state index contributed by atoms with van der Waals surface area (Å²) < 4.78 is 21.0. The Morgan fingerprint density at radius 2 is 2.07 bits per heavy atom. The number of hydrogen-bond donors (Lipinski definition) is 1. The fraction of sp³-hybridized carbons (Fsp3) is 0.0588. The molecule has 0 bridgehead atoms. The summed E-state index contributed by atoms with van der Waals surface area (Å²) in [4.78, 5) is 22.6. The second-order valence-electron chi connectivity index (χ2n) is 5.32. The molecule has 3 rings (SSSR count). The maximum Gasteiger partial charge on any atom is 0.311 e. The predicted molar refractivity (Wildman–Crippen MR) is 98.0 cm³/mol. The smallest absolute Gasteiger partial charge is 0.311 e. The zero-order valence-corrected chi connectivity index (χ0v) is 15.2. The standard InChI is InChI=1S/C17H12BrFN4O4/c18-11-5-6-13(12(19)9-11)20-17(24)14-7-8-22(21-14)10-27-16-4-2-1-3-15(16)23(25)26/h1-9H,10H2,(H,20,24). The fourth-order valence-corrected chi connectivity index (χ4v) is 2.53. The molecule has 0 aliphatic rings. The molecule has 0 atom stereocenters. The van der Waals surface area contributed by atoms with E-state index in [0.29, 0.717) is 4.47 Å². The summed E-state index contributed by atoms with van der Waals surface area (Å²) in [6.45, 7) is -0.134. The lowest BCUT2D eigenvalue weighted by molar-refractivity contribution is -0.386. The van der Waals surface area contributed by atoms with Crippen molar-refractivity contribution in [2.45, 2.75) is 6.73 Å². The van der Waals surface area contributed by atoms with Crippen LogP contribution < -0.4 is 10.1 Å². The van der Waals surface area contributed by atoms with Crippen molar-refractivity contribution in [2.75, 3.05) is 5.32 Å². The molecule has 0 radical (unpaired) electrons. The number of para-hydroxylation sites is 2. The van der Waals surface area contributed by atoms with Gasteiger partial charge in [0.05, 0.1) is 10.6 Å². The van der Waals surface area contributed by atoms with Crippen molar-refractivity contribution in [1.29, 1.82) is 0 Å². The number of nitro benzene ring substituents is 1. The normalized spacial score (nSPS) is 10.4. The summed E-state index contributed by atoms with van der Waals surface area (Å²) in [5, 5.41) is 17.4. The fourth-order valence-electron chi connectivity index (χ4n) is 2.20. The summed E-state index contributed by atoms with van der Waals surface area (Å²) in [7, 11) is 0. The third-order valence-corrected chi connectivity index (χ3v) is 3.96. The number of aromatic nitrogens is 2. The predicted octanol–water partition coefficient (Wildman–Crippen LogP) is 3.98. The number of hydrogen-bond acceptors (Lipinski definition) is 5. The zero-order chi connectivity index (χ0) is 19.4. The van der Waals surface area contributed by atoms with E-state index >= 15 is 0 Å². The average Bonchev–Trinajstić information content (AvgIpc) is 3.11. The SMILES string of the molecule is O=C(Nc1ccc(Br)cc1F)c1ccn(COc2ccccc2[N+](=O)[O-])n1. The van der Waals surface area contributed by atoms with Crippen LogP contribution in [0.5, 0.6) is 5.75 Å². The molecule has 27 heavy (non-hydrogen) atoms. The second-order valence-corrected chi connectivity index (χ2v) is 6.23. The van der Waals surface area contributed by atoms with E-state index in [1.54, 1.807) is 12.1 Å². The maximum atomic E-state index is 13.8. The molecular weight excluding hydrogens is 423 g/mol. The van der Waals surface area contributed by atoms with E-state index in [0.717, 1.165) is 0 Å². The third-order valence-electron chi connectivity index (χ3n) is 3.47. The minimum absolute atomic E-state index is 0.0221. The first-order valence-corrected chi connectivity index (χ1v) is 8.39. The first-order chi connectivity index (χ1) is 12.9. The van der Waals surface area contributed by atoms with Crippen LogP contribution in [0.25, 0.3) is 0 Å². The lowest BCUT2D eigenvalue weighted by atomic mass is 10.3. The minimum Gasteiger partial charge on any atom is -0.464 e. The van der Waals surface area contributed by atoms with Crippen LogP contribution in [0.15, 0.2) is 59.2 Å². The van der Waals surface area contributed by atoms with Gasteiger partial charge in [-0.3, -0.25) is 14.9 Å². The van der Waals surface area contributed by atoms with Crippen molar-refractivity contribution in [3.8, 4) is 5.75 Å². The lowest BCUT2D eigenvalue weighted by Gasteiger charge is -2.07. The number of nitrogens with zero attached hydrogens (tertiary/aromatic N) is 3. The van der Waals surface area contributed by atoms with Gasteiger partial charge >= 0.3 is 5.69 Å². The van der Waals surface area contributed by atoms with Crippen molar-refractivity contribution in [1.82, 2.24) is 9.78 Å². The van der Waals surface area contributed by atoms with E-state index in [9.17, 15) is 19.3 Å². The van der Waals surface area contributed by atoms with Crippen molar-refractivity contribution in [3.05, 3.63) is 80.8 Å². The molecule has 1 heterocycles. The highest BCUT2D eigenvalue weighted by atomic mass is 79.9. The highest BCUT2D eigenvalue weighted by molar-refractivity contribution is 9.10. The Morgan fingerprint density at radius 1 is 1.30 bits per heavy atom. The first-order valence-electron chi connectivity index (χ1n) is 7.60. The Kier molecular flexibility index (Phi) is 5.46. The van der Waals surface area contributed by atoms with Crippen LogP contribution >= 0.6 is 15.9 Å². The molecule has 8 nitrogen and oxygen atoms in total.